The van der Waals surface area contributed by atoms with Gasteiger partial charge < -0.3 is 15.0 Å². The molecule has 1 aromatic rings. The molecule has 0 radical (unpaired) electrons. The van der Waals surface area contributed by atoms with Gasteiger partial charge in [0.1, 0.15) is 5.82 Å². The summed E-state index contributed by atoms with van der Waals surface area (Å²) in [6.07, 6.45) is 1.10. The van der Waals surface area contributed by atoms with Crippen molar-refractivity contribution < 1.29 is 4.74 Å². The fraction of sp³-hybridized carbons (Fsp3) is 0.706. The SMILES string of the molecule is CCC(C)N(CCOC)c1cc(CNC(C)C)cc(C)n1. The molecule has 1 aromatic heterocycles. The normalized spacial score (nSPS) is 12.7. The minimum absolute atomic E-state index is 0.459. The van der Waals surface area contributed by atoms with E-state index in [0.29, 0.717) is 12.1 Å². The van der Waals surface area contributed by atoms with E-state index in [1.165, 1.54) is 5.56 Å². The van der Waals surface area contributed by atoms with Crippen LogP contribution >= 0.6 is 0 Å². The Labute approximate surface area is 129 Å². The average molecular weight is 293 g/mol. The summed E-state index contributed by atoms with van der Waals surface area (Å²) in [6.45, 7) is 13.3. The van der Waals surface area contributed by atoms with Gasteiger partial charge in [-0.2, -0.15) is 0 Å². The zero-order chi connectivity index (χ0) is 15.8. The first kappa shape index (κ1) is 17.9. The van der Waals surface area contributed by atoms with Crippen molar-refractivity contribution in [3.8, 4) is 0 Å². The van der Waals surface area contributed by atoms with Crippen molar-refractivity contribution in [2.75, 3.05) is 25.2 Å². The molecule has 0 aliphatic carbocycles. The third-order valence-electron chi connectivity index (χ3n) is 3.67. The third-order valence-corrected chi connectivity index (χ3v) is 3.67. The number of methoxy groups -OCH3 is 1. The summed E-state index contributed by atoms with van der Waals surface area (Å²) in [4.78, 5) is 7.07. The van der Waals surface area contributed by atoms with Crippen LogP contribution in [0.4, 0.5) is 5.82 Å². The Hall–Kier alpha value is -1.13. The van der Waals surface area contributed by atoms with E-state index < -0.39 is 0 Å². The van der Waals surface area contributed by atoms with Gasteiger partial charge in [0.05, 0.1) is 6.61 Å². The molecule has 1 heterocycles. The Kier molecular flexibility index (Phi) is 7.68. The molecule has 0 aliphatic rings. The summed E-state index contributed by atoms with van der Waals surface area (Å²) in [5.41, 5.74) is 2.36. The van der Waals surface area contributed by atoms with Gasteiger partial charge in [-0.1, -0.05) is 20.8 Å². The van der Waals surface area contributed by atoms with Gasteiger partial charge in [0.25, 0.3) is 0 Å². The highest BCUT2D eigenvalue weighted by atomic mass is 16.5. The highest BCUT2D eigenvalue weighted by Crippen LogP contribution is 2.19. The number of hydrogen-bond acceptors (Lipinski definition) is 4. The van der Waals surface area contributed by atoms with Gasteiger partial charge in [0.2, 0.25) is 0 Å². The first-order valence-electron chi connectivity index (χ1n) is 7.94. The molecule has 1 N–H and O–H groups in total. The number of anilines is 1. The van der Waals surface area contributed by atoms with Gasteiger partial charge in [0.15, 0.2) is 0 Å². The lowest BCUT2D eigenvalue weighted by Gasteiger charge is -2.30. The predicted octanol–water partition coefficient (Wildman–Crippen LogP) is 3.14. The third kappa shape index (κ3) is 6.02. The minimum Gasteiger partial charge on any atom is -0.383 e. The van der Waals surface area contributed by atoms with E-state index in [0.717, 1.165) is 37.6 Å². The molecular weight excluding hydrogens is 262 g/mol. The summed E-state index contributed by atoms with van der Waals surface area (Å²) in [7, 11) is 1.75. The van der Waals surface area contributed by atoms with Crippen molar-refractivity contribution in [2.45, 2.75) is 59.7 Å². The summed E-state index contributed by atoms with van der Waals surface area (Å²) >= 11 is 0. The smallest absolute Gasteiger partial charge is 0.129 e. The maximum absolute atomic E-state index is 5.25. The van der Waals surface area contributed by atoms with Gasteiger partial charge in [-0.3, -0.25) is 0 Å². The minimum atomic E-state index is 0.459. The molecule has 0 fully saturated rings. The van der Waals surface area contributed by atoms with Crippen molar-refractivity contribution in [3.63, 3.8) is 0 Å². The van der Waals surface area contributed by atoms with Crippen molar-refractivity contribution in [1.29, 1.82) is 0 Å². The molecule has 0 bridgehead atoms. The second-order valence-corrected chi connectivity index (χ2v) is 5.95. The zero-order valence-corrected chi connectivity index (χ0v) is 14.4. The molecule has 120 valence electrons. The van der Waals surface area contributed by atoms with Crippen molar-refractivity contribution in [3.05, 3.63) is 23.4 Å². The van der Waals surface area contributed by atoms with Crippen molar-refractivity contribution in [2.24, 2.45) is 0 Å². The molecular formula is C17H31N3O. The van der Waals surface area contributed by atoms with E-state index in [1.807, 2.05) is 0 Å². The molecule has 0 aromatic carbocycles. The summed E-state index contributed by atoms with van der Waals surface area (Å²) < 4.78 is 5.25. The van der Waals surface area contributed by atoms with Crippen molar-refractivity contribution in [1.82, 2.24) is 10.3 Å². The number of pyridine rings is 1. The van der Waals surface area contributed by atoms with Crippen LogP contribution in [0, 0.1) is 6.92 Å². The fourth-order valence-electron chi connectivity index (χ4n) is 2.26. The number of nitrogens with zero attached hydrogens (tertiary/aromatic N) is 2. The van der Waals surface area contributed by atoms with Crippen LogP contribution in [0.25, 0.3) is 0 Å². The average Bonchev–Trinajstić information content (AvgIpc) is 2.44. The monoisotopic (exact) mass is 293 g/mol. The number of nitrogens with one attached hydrogen (secondary N) is 1. The van der Waals surface area contributed by atoms with Crippen LogP contribution in [0.3, 0.4) is 0 Å². The van der Waals surface area contributed by atoms with Crippen LogP contribution in [0.15, 0.2) is 12.1 Å². The van der Waals surface area contributed by atoms with Crippen LogP contribution in [0.5, 0.6) is 0 Å². The molecule has 0 amide bonds. The quantitative estimate of drug-likeness (QED) is 0.759. The van der Waals surface area contributed by atoms with Gasteiger partial charge in [-0.05, 0) is 38.0 Å². The number of ether oxygens (including phenoxy) is 1. The maximum atomic E-state index is 5.25. The van der Waals surface area contributed by atoms with E-state index in [9.17, 15) is 0 Å². The summed E-state index contributed by atoms with van der Waals surface area (Å²) in [5, 5.41) is 3.47. The number of hydrogen-bond donors (Lipinski definition) is 1. The van der Waals surface area contributed by atoms with E-state index >= 15 is 0 Å². The first-order chi connectivity index (χ1) is 9.97. The van der Waals surface area contributed by atoms with Crippen LogP contribution in [-0.2, 0) is 11.3 Å². The Morgan fingerprint density at radius 3 is 2.57 bits per heavy atom. The standard InChI is InChI=1S/C17H31N3O/c1-7-15(5)20(8-9-21-6)17-11-16(10-14(4)19-17)12-18-13(2)3/h10-11,13,15,18H,7-9,12H2,1-6H3. The molecule has 0 spiro atoms. The Balaban J connectivity index is 2.95. The maximum Gasteiger partial charge on any atom is 0.129 e. The predicted molar refractivity (Wildman–Crippen MR) is 89.9 cm³/mol. The molecule has 4 heteroatoms. The Morgan fingerprint density at radius 1 is 1.29 bits per heavy atom. The number of aryl methyl sites for hydroxylation is 1. The molecule has 0 saturated heterocycles. The molecule has 0 saturated carbocycles. The lowest BCUT2D eigenvalue weighted by molar-refractivity contribution is 0.203. The van der Waals surface area contributed by atoms with E-state index in [1.54, 1.807) is 7.11 Å². The topological polar surface area (TPSA) is 37.4 Å². The lowest BCUT2D eigenvalue weighted by atomic mass is 10.1. The van der Waals surface area contributed by atoms with E-state index in [2.05, 4.69) is 57.0 Å². The lowest BCUT2D eigenvalue weighted by Crippen LogP contribution is -2.36. The number of aromatic nitrogens is 1. The molecule has 0 aliphatic heterocycles. The Morgan fingerprint density at radius 2 is 2.00 bits per heavy atom. The van der Waals surface area contributed by atoms with Crippen LogP contribution in [0.2, 0.25) is 0 Å². The van der Waals surface area contributed by atoms with Gasteiger partial charge in [-0.15, -0.1) is 0 Å². The largest absolute Gasteiger partial charge is 0.383 e. The first-order valence-corrected chi connectivity index (χ1v) is 7.94. The fourth-order valence-corrected chi connectivity index (χ4v) is 2.26. The van der Waals surface area contributed by atoms with Crippen LogP contribution < -0.4 is 10.2 Å². The van der Waals surface area contributed by atoms with Gasteiger partial charge >= 0.3 is 0 Å². The van der Waals surface area contributed by atoms with E-state index in [4.69, 9.17) is 9.72 Å². The molecule has 1 atom stereocenters. The molecule has 21 heavy (non-hydrogen) atoms. The molecule has 4 nitrogen and oxygen atoms in total. The highest BCUT2D eigenvalue weighted by Gasteiger charge is 2.15. The van der Waals surface area contributed by atoms with Crippen LogP contribution in [0.1, 0.15) is 45.4 Å². The van der Waals surface area contributed by atoms with Crippen molar-refractivity contribution >= 4 is 5.82 Å². The highest BCUT2D eigenvalue weighted by molar-refractivity contribution is 5.43. The molecule has 1 unspecified atom stereocenters. The van der Waals surface area contributed by atoms with Gasteiger partial charge in [-0.25, -0.2) is 4.98 Å². The molecule has 1 rings (SSSR count). The number of rotatable bonds is 9. The Bertz CT molecular complexity index is 420. The summed E-state index contributed by atoms with van der Waals surface area (Å²) in [5.74, 6) is 1.06. The second-order valence-electron chi connectivity index (χ2n) is 5.95. The van der Waals surface area contributed by atoms with E-state index in [-0.39, 0.29) is 0 Å². The van der Waals surface area contributed by atoms with Crippen LogP contribution in [-0.4, -0.2) is 37.3 Å². The summed E-state index contributed by atoms with van der Waals surface area (Å²) in [6, 6.07) is 5.30. The second kappa shape index (κ2) is 9.00. The van der Waals surface area contributed by atoms with Gasteiger partial charge in [0, 0.05) is 38.0 Å². The zero-order valence-electron chi connectivity index (χ0n) is 14.4.